The summed E-state index contributed by atoms with van der Waals surface area (Å²) in [6.45, 7) is 4.34. The van der Waals surface area contributed by atoms with Gasteiger partial charge in [0.05, 0.1) is 6.61 Å². The van der Waals surface area contributed by atoms with Gasteiger partial charge in [0.15, 0.2) is 0 Å². The summed E-state index contributed by atoms with van der Waals surface area (Å²) >= 11 is 0. The van der Waals surface area contributed by atoms with E-state index in [0.29, 0.717) is 12.6 Å². The van der Waals surface area contributed by atoms with Crippen molar-refractivity contribution in [3.05, 3.63) is 0 Å². The third-order valence-corrected chi connectivity index (χ3v) is 2.48. The molecule has 1 aliphatic heterocycles. The molecule has 1 heterocycles. The molecule has 1 saturated heterocycles. The van der Waals surface area contributed by atoms with Gasteiger partial charge in [0.25, 0.3) is 0 Å². The van der Waals surface area contributed by atoms with Crippen molar-refractivity contribution < 1.29 is 9.90 Å². The highest BCUT2D eigenvalue weighted by atomic mass is 32.1. The average molecular weight is 220 g/mol. The summed E-state index contributed by atoms with van der Waals surface area (Å²) in [4.78, 5) is 12.8. The molecule has 1 amide bonds. The minimum absolute atomic E-state index is 0. The molecule has 0 saturated carbocycles. The fourth-order valence-corrected chi connectivity index (χ4v) is 1.77. The molecule has 1 aliphatic rings. The lowest BCUT2D eigenvalue weighted by Gasteiger charge is -2.22. The number of rotatable bonds is 4. The van der Waals surface area contributed by atoms with E-state index in [4.69, 9.17) is 5.11 Å². The van der Waals surface area contributed by atoms with Gasteiger partial charge in [0.2, 0.25) is 5.91 Å². The Morgan fingerprint density at radius 2 is 2.36 bits per heavy atom. The first kappa shape index (κ1) is 13.7. The lowest BCUT2D eigenvalue weighted by Crippen LogP contribution is -2.38. The SMILES string of the molecule is CC(=O)NCCN1CCCC1CO.S. The molecule has 0 aromatic heterocycles. The van der Waals surface area contributed by atoms with Crippen LogP contribution >= 0.6 is 13.5 Å². The maximum Gasteiger partial charge on any atom is 0.216 e. The third kappa shape index (κ3) is 4.30. The second-order valence-electron chi connectivity index (χ2n) is 3.50. The topological polar surface area (TPSA) is 52.6 Å². The van der Waals surface area contributed by atoms with Crippen LogP contribution in [0.25, 0.3) is 0 Å². The Hall–Kier alpha value is -0.260. The van der Waals surface area contributed by atoms with Gasteiger partial charge in [-0.1, -0.05) is 0 Å². The van der Waals surface area contributed by atoms with E-state index in [1.54, 1.807) is 0 Å². The molecular weight excluding hydrogens is 200 g/mol. The highest BCUT2D eigenvalue weighted by Gasteiger charge is 2.22. The highest BCUT2D eigenvalue weighted by molar-refractivity contribution is 7.59. The van der Waals surface area contributed by atoms with E-state index >= 15 is 0 Å². The lowest BCUT2D eigenvalue weighted by atomic mass is 10.2. The molecule has 0 bridgehead atoms. The van der Waals surface area contributed by atoms with Crippen LogP contribution in [0.3, 0.4) is 0 Å². The van der Waals surface area contributed by atoms with Crippen LogP contribution in [0.5, 0.6) is 0 Å². The number of nitrogens with zero attached hydrogens (tertiary/aromatic N) is 1. The quantitative estimate of drug-likeness (QED) is 0.683. The lowest BCUT2D eigenvalue weighted by molar-refractivity contribution is -0.119. The Morgan fingerprint density at radius 1 is 1.64 bits per heavy atom. The van der Waals surface area contributed by atoms with Crippen molar-refractivity contribution >= 4 is 19.4 Å². The van der Waals surface area contributed by atoms with Crippen molar-refractivity contribution in [3.63, 3.8) is 0 Å². The van der Waals surface area contributed by atoms with Crippen LogP contribution in [0.2, 0.25) is 0 Å². The van der Waals surface area contributed by atoms with Crippen molar-refractivity contribution in [2.75, 3.05) is 26.2 Å². The van der Waals surface area contributed by atoms with E-state index in [0.717, 1.165) is 25.9 Å². The summed E-state index contributed by atoms with van der Waals surface area (Å²) in [6, 6.07) is 0.314. The monoisotopic (exact) mass is 220 g/mol. The first-order valence-corrected chi connectivity index (χ1v) is 4.83. The van der Waals surface area contributed by atoms with Gasteiger partial charge >= 0.3 is 0 Å². The van der Waals surface area contributed by atoms with E-state index in [-0.39, 0.29) is 26.0 Å². The number of nitrogens with one attached hydrogen (secondary N) is 1. The standard InChI is InChI=1S/C9H18N2O2.H2S/c1-8(13)10-4-6-11-5-2-3-9(11)7-12;/h9,12H,2-7H2,1H3,(H,10,13);1H2. The molecule has 0 aromatic carbocycles. The van der Waals surface area contributed by atoms with Crippen LogP contribution in [-0.2, 0) is 4.79 Å². The van der Waals surface area contributed by atoms with E-state index < -0.39 is 0 Å². The molecule has 0 radical (unpaired) electrons. The molecule has 0 aliphatic carbocycles. The number of aliphatic hydroxyl groups excluding tert-OH is 1. The molecule has 1 rings (SSSR count). The maximum absolute atomic E-state index is 10.6. The van der Waals surface area contributed by atoms with Crippen molar-refractivity contribution in [1.29, 1.82) is 0 Å². The van der Waals surface area contributed by atoms with Gasteiger partial charge in [-0.05, 0) is 19.4 Å². The molecule has 1 atom stereocenters. The summed E-state index contributed by atoms with van der Waals surface area (Å²) in [5.41, 5.74) is 0. The Labute approximate surface area is 92.1 Å². The molecule has 2 N–H and O–H groups in total. The second-order valence-corrected chi connectivity index (χ2v) is 3.50. The van der Waals surface area contributed by atoms with E-state index in [9.17, 15) is 4.79 Å². The zero-order valence-electron chi connectivity index (χ0n) is 8.62. The summed E-state index contributed by atoms with van der Waals surface area (Å²) in [6.07, 6.45) is 2.24. The fraction of sp³-hybridized carbons (Fsp3) is 0.889. The molecule has 1 unspecified atom stereocenters. The average Bonchev–Trinajstić information content (AvgIpc) is 2.51. The van der Waals surface area contributed by atoms with Crippen molar-refractivity contribution in [2.24, 2.45) is 0 Å². The van der Waals surface area contributed by atoms with Crippen molar-refractivity contribution in [1.82, 2.24) is 10.2 Å². The summed E-state index contributed by atoms with van der Waals surface area (Å²) in [7, 11) is 0. The van der Waals surface area contributed by atoms with Gasteiger partial charge in [0, 0.05) is 26.1 Å². The summed E-state index contributed by atoms with van der Waals surface area (Å²) < 4.78 is 0. The fourth-order valence-electron chi connectivity index (χ4n) is 1.77. The number of carbonyl (C=O) groups excluding carboxylic acids is 1. The van der Waals surface area contributed by atoms with Gasteiger partial charge in [-0.2, -0.15) is 13.5 Å². The van der Waals surface area contributed by atoms with Crippen molar-refractivity contribution in [2.45, 2.75) is 25.8 Å². The van der Waals surface area contributed by atoms with Gasteiger partial charge in [0.1, 0.15) is 0 Å². The minimum Gasteiger partial charge on any atom is -0.395 e. The summed E-state index contributed by atoms with van der Waals surface area (Å²) in [5, 5.41) is 11.8. The van der Waals surface area contributed by atoms with Crippen molar-refractivity contribution in [3.8, 4) is 0 Å². The molecule has 5 heteroatoms. The zero-order valence-corrected chi connectivity index (χ0v) is 9.62. The van der Waals surface area contributed by atoms with Gasteiger partial charge in [-0.3, -0.25) is 9.69 Å². The van der Waals surface area contributed by atoms with Gasteiger partial charge in [-0.25, -0.2) is 0 Å². The smallest absolute Gasteiger partial charge is 0.216 e. The molecular formula is C9H20N2O2S. The predicted octanol–water partition coefficient (Wildman–Crippen LogP) is -0.308. The molecule has 0 aromatic rings. The largest absolute Gasteiger partial charge is 0.395 e. The van der Waals surface area contributed by atoms with Gasteiger partial charge in [-0.15, -0.1) is 0 Å². The first-order valence-electron chi connectivity index (χ1n) is 4.83. The predicted molar refractivity (Wildman–Crippen MR) is 60.7 cm³/mol. The summed E-state index contributed by atoms with van der Waals surface area (Å²) in [5.74, 6) is 0.0137. The van der Waals surface area contributed by atoms with E-state index in [2.05, 4.69) is 10.2 Å². The normalized spacial score (nSPS) is 21.7. The Morgan fingerprint density at radius 3 is 2.93 bits per heavy atom. The van der Waals surface area contributed by atoms with E-state index in [1.165, 1.54) is 6.92 Å². The Kier molecular flexibility index (Phi) is 6.96. The van der Waals surface area contributed by atoms with E-state index in [1.807, 2.05) is 0 Å². The molecule has 84 valence electrons. The molecule has 1 fully saturated rings. The number of hydrogen-bond donors (Lipinski definition) is 2. The maximum atomic E-state index is 10.6. The Balaban J connectivity index is 0.00000169. The second kappa shape index (κ2) is 7.09. The van der Waals surface area contributed by atoms with Crippen LogP contribution < -0.4 is 5.32 Å². The number of hydrogen-bond acceptors (Lipinski definition) is 3. The molecule has 4 nitrogen and oxygen atoms in total. The van der Waals surface area contributed by atoms with Crippen LogP contribution in [0.4, 0.5) is 0 Å². The van der Waals surface area contributed by atoms with Crippen LogP contribution in [0, 0.1) is 0 Å². The Bertz CT molecular complexity index is 178. The zero-order chi connectivity index (χ0) is 9.68. The third-order valence-electron chi connectivity index (χ3n) is 2.48. The first-order chi connectivity index (χ1) is 6.24. The number of amides is 1. The number of aliphatic hydroxyl groups is 1. The van der Waals surface area contributed by atoms with Gasteiger partial charge < -0.3 is 10.4 Å². The minimum atomic E-state index is 0. The van der Waals surface area contributed by atoms with Crippen LogP contribution in [0.1, 0.15) is 19.8 Å². The molecule has 0 spiro atoms. The highest BCUT2D eigenvalue weighted by Crippen LogP contribution is 2.15. The molecule has 14 heavy (non-hydrogen) atoms. The van der Waals surface area contributed by atoms with Crippen LogP contribution in [-0.4, -0.2) is 48.2 Å². The number of carbonyl (C=O) groups is 1. The van der Waals surface area contributed by atoms with Crippen LogP contribution in [0.15, 0.2) is 0 Å². The number of likely N-dealkylation sites (tertiary alicyclic amines) is 1.